The Kier molecular flexibility index (Phi) is 7.26. The van der Waals surface area contributed by atoms with Crippen molar-refractivity contribution in [3.05, 3.63) is 27.2 Å². The molecule has 21 heavy (non-hydrogen) atoms. The van der Waals surface area contributed by atoms with Crippen LogP contribution in [0.5, 0.6) is 5.75 Å². The second kappa shape index (κ2) is 8.96. The number of benzene rings is 1. The maximum absolute atomic E-state index is 6.00. The van der Waals surface area contributed by atoms with Gasteiger partial charge in [-0.3, -0.25) is 0 Å². The highest BCUT2D eigenvalue weighted by molar-refractivity contribution is 9.10. The first kappa shape index (κ1) is 17.0. The summed E-state index contributed by atoms with van der Waals surface area (Å²) >= 11 is 9.49. The van der Waals surface area contributed by atoms with Gasteiger partial charge in [-0.05, 0) is 40.5 Å². The van der Waals surface area contributed by atoms with Crippen LogP contribution >= 0.6 is 27.5 Å². The van der Waals surface area contributed by atoms with Crippen LogP contribution in [0.1, 0.15) is 5.56 Å². The summed E-state index contributed by atoms with van der Waals surface area (Å²) in [5, 5.41) is 3.05. The summed E-state index contributed by atoms with van der Waals surface area (Å²) in [7, 11) is 0. The van der Waals surface area contributed by atoms with Crippen molar-refractivity contribution in [3.63, 3.8) is 0 Å². The van der Waals surface area contributed by atoms with Crippen molar-refractivity contribution in [2.45, 2.75) is 6.92 Å². The largest absolute Gasteiger partial charge is 0.486 e. The van der Waals surface area contributed by atoms with Gasteiger partial charge in [0.25, 0.3) is 0 Å². The minimum absolute atomic E-state index is 0.708. The van der Waals surface area contributed by atoms with Crippen molar-refractivity contribution in [2.75, 3.05) is 52.5 Å². The lowest BCUT2D eigenvalue weighted by atomic mass is 10.2. The molecule has 1 aromatic rings. The molecule has 0 radical (unpaired) electrons. The van der Waals surface area contributed by atoms with E-state index in [1.807, 2.05) is 19.1 Å². The molecule has 1 aromatic carbocycles. The number of hydrogen-bond acceptors (Lipinski definition) is 2. The van der Waals surface area contributed by atoms with Crippen molar-refractivity contribution in [1.29, 1.82) is 0 Å². The normalized spacial score (nSPS) is 16.1. The number of ether oxygens (including phenoxy) is 2. The van der Waals surface area contributed by atoms with Crippen molar-refractivity contribution >= 4 is 27.5 Å². The molecule has 0 amide bonds. The third kappa shape index (κ3) is 5.75. The smallest absolute Gasteiger partial charge is 0.137 e. The summed E-state index contributed by atoms with van der Waals surface area (Å²) in [6.45, 7) is 10.1. The van der Waals surface area contributed by atoms with Crippen LogP contribution in [0.15, 0.2) is 16.6 Å². The van der Waals surface area contributed by atoms with Crippen molar-refractivity contribution in [2.24, 2.45) is 0 Å². The van der Waals surface area contributed by atoms with Gasteiger partial charge in [0, 0.05) is 5.02 Å². The van der Waals surface area contributed by atoms with Gasteiger partial charge in [0.2, 0.25) is 0 Å². The zero-order valence-corrected chi connectivity index (χ0v) is 14.8. The summed E-state index contributed by atoms with van der Waals surface area (Å²) in [6.07, 6.45) is 0. The Morgan fingerprint density at radius 1 is 1.33 bits per heavy atom. The number of hydrogen-bond donors (Lipinski definition) is 2. The number of quaternary nitrogens is 2. The highest BCUT2D eigenvalue weighted by Crippen LogP contribution is 2.31. The average Bonchev–Trinajstić information content (AvgIpc) is 2.45. The fraction of sp³-hybridized carbons (Fsp3) is 0.600. The predicted octanol–water partition coefficient (Wildman–Crippen LogP) is 0.268. The second-order valence-electron chi connectivity index (χ2n) is 5.36. The van der Waals surface area contributed by atoms with Crippen LogP contribution in [0.4, 0.5) is 0 Å². The molecular weight excluding hydrogens is 356 g/mol. The van der Waals surface area contributed by atoms with E-state index < -0.39 is 0 Å². The van der Waals surface area contributed by atoms with Gasteiger partial charge >= 0.3 is 0 Å². The molecule has 4 nitrogen and oxygen atoms in total. The highest BCUT2D eigenvalue weighted by atomic mass is 79.9. The summed E-state index contributed by atoms with van der Waals surface area (Å²) in [5.41, 5.74) is 1.06. The van der Waals surface area contributed by atoms with E-state index >= 15 is 0 Å². The zero-order chi connectivity index (χ0) is 15.1. The van der Waals surface area contributed by atoms with E-state index in [9.17, 15) is 0 Å². The van der Waals surface area contributed by atoms with Gasteiger partial charge in [0.15, 0.2) is 0 Å². The van der Waals surface area contributed by atoms with E-state index in [2.05, 4.69) is 21.2 Å². The van der Waals surface area contributed by atoms with Crippen LogP contribution < -0.4 is 15.0 Å². The summed E-state index contributed by atoms with van der Waals surface area (Å²) in [5.74, 6) is 0.895. The van der Waals surface area contributed by atoms with E-state index in [0.717, 1.165) is 60.2 Å². The maximum Gasteiger partial charge on any atom is 0.137 e. The molecule has 1 fully saturated rings. The third-order valence-electron chi connectivity index (χ3n) is 3.66. The molecule has 1 heterocycles. The number of rotatable bonds is 7. The first-order chi connectivity index (χ1) is 10.2. The molecule has 1 saturated heterocycles. The summed E-state index contributed by atoms with van der Waals surface area (Å²) in [6, 6.07) is 3.79. The SMILES string of the molecule is Cc1cc(Cl)cc(Br)c1OCC[NH2+]CC[NH+]1CCOCC1. The standard InChI is InChI=1S/C15H22BrClN2O2/c1-12-10-13(17)11-14(16)15(12)21-7-3-18-2-4-19-5-8-20-9-6-19/h10-11,18H,2-9H2,1H3/p+2. The third-order valence-corrected chi connectivity index (χ3v) is 4.47. The minimum Gasteiger partial charge on any atom is -0.486 e. The van der Waals surface area contributed by atoms with Crippen LogP contribution in [0.2, 0.25) is 5.02 Å². The zero-order valence-electron chi connectivity index (χ0n) is 12.5. The Morgan fingerprint density at radius 3 is 2.81 bits per heavy atom. The molecule has 0 aliphatic carbocycles. The molecule has 6 heteroatoms. The Morgan fingerprint density at radius 2 is 2.10 bits per heavy atom. The summed E-state index contributed by atoms with van der Waals surface area (Å²) in [4.78, 5) is 1.65. The van der Waals surface area contributed by atoms with Crippen LogP contribution in [-0.2, 0) is 4.74 Å². The number of nitrogens with two attached hydrogens (primary N) is 1. The van der Waals surface area contributed by atoms with Gasteiger partial charge in [0.1, 0.15) is 45.1 Å². The number of aryl methyl sites for hydroxylation is 1. The molecule has 0 aromatic heterocycles. The Labute approximate surface area is 139 Å². The predicted molar refractivity (Wildman–Crippen MR) is 87.4 cm³/mol. The van der Waals surface area contributed by atoms with Gasteiger partial charge in [-0.2, -0.15) is 0 Å². The molecule has 0 bridgehead atoms. The molecule has 1 aliphatic heterocycles. The molecule has 1 aliphatic rings. The average molecular weight is 380 g/mol. The molecular formula is C15H24BrClN2O2+2. The molecule has 118 valence electrons. The molecule has 0 spiro atoms. The van der Waals surface area contributed by atoms with E-state index in [1.165, 1.54) is 6.54 Å². The highest BCUT2D eigenvalue weighted by Gasteiger charge is 2.13. The Balaban J connectivity index is 1.61. The topological polar surface area (TPSA) is 39.5 Å². The van der Waals surface area contributed by atoms with Gasteiger partial charge in [-0.15, -0.1) is 0 Å². The van der Waals surface area contributed by atoms with Crippen LogP contribution in [0.25, 0.3) is 0 Å². The van der Waals surface area contributed by atoms with Crippen LogP contribution in [-0.4, -0.2) is 52.5 Å². The minimum atomic E-state index is 0.708. The fourth-order valence-electron chi connectivity index (χ4n) is 2.48. The van der Waals surface area contributed by atoms with E-state index in [-0.39, 0.29) is 0 Å². The van der Waals surface area contributed by atoms with Crippen molar-refractivity contribution in [3.8, 4) is 5.75 Å². The van der Waals surface area contributed by atoms with Gasteiger partial charge < -0.3 is 19.7 Å². The number of morpholine rings is 1. The van der Waals surface area contributed by atoms with E-state index in [1.54, 1.807) is 4.90 Å². The van der Waals surface area contributed by atoms with Crippen LogP contribution in [0.3, 0.4) is 0 Å². The molecule has 0 saturated carbocycles. The first-order valence-corrected chi connectivity index (χ1v) is 8.65. The van der Waals surface area contributed by atoms with E-state index in [0.29, 0.717) is 6.61 Å². The van der Waals surface area contributed by atoms with Gasteiger partial charge in [0.05, 0.1) is 17.7 Å². The quantitative estimate of drug-likeness (QED) is 0.668. The molecule has 0 unspecified atom stereocenters. The van der Waals surface area contributed by atoms with Gasteiger partial charge in [-0.25, -0.2) is 0 Å². The first-order valence-electron chi connectivity index (χ1n) is 7.48. The lowest BCUT2D eigenvalue weighted by Gasteiger charge is -2.22. The number of halogens is 2. The number of nitrogens with one attached hydrogen (secondary N) is 1. The summed E-state index contributed by atoms with van der Waals surface area (Å²) < 4.78 is 12.1. The lowest BCUT2D eigenvalue weighted by Crippen LogP contribution is -3.16. The Bertz CT molecular complexity index is 430. The van der Waals surface area contributed by atoms with Crippen molar-refractivity contribution < 1.29 is 19.7 Å². The van der Waals surface area contributed by atoms with Crippen molar-refractivity contribution in [1.82, 2.24) is 0 Å². The lowest BCUT2D eigenvalue weighted by molar-refractivity contribution is -0.919. The van der Waals surface area contributed by atoms with E-state index in [4.69, 9.17) is 21.1 Å². The van der Waals surface area contributed by atoms with Gasteiger partial charge in [-0.1, -0.05) is 11.6 Å². The maximum atomic E-state index is 6.00. The second-order valence-corrected chi connectivity index (χ2v) is 6.65. The Hall–Kier alpha value is -0.330. The monoisotopic (exact) mass is 378 g/mol. The molecule has 2 rings (SSSR count). The van der Waals surface area contributed by atoms with Crippen LogP contribution in [0, 0.1) is 6.92 Å². The fourth-order valence-corrected chi connectivity index (χ4v) is 3.56. The molecule has 3 N–H and O–H groups in total. The molecule has 0 atom stereocenters.